The van der Waals surface area contributed by atoms with Crippen LogP contribution >= 0.6 is 11.6 Å². The Balaban J connectivity index is 3.38. The highest BCUT2D eigenvalue weighted by molar-refractivity contribution is 6.31. The Hall–Kier alpha value is -1.06. The Bertz CT molecular complexity index is 422. The van der Waals surface area contributed by atoms with Crippen molar-refractivity contribution in [3.8, 4) is 5.75 Å². The molecule has 0 fully saturated rings. The Kier molecular flexibility index (Phi) is 3.61. The largest absolute Gasteiger partial charge is 0.496 e. The van der Waals surface area contributed by atoms with Gasteiger partial charge in [0.25, 0.3) is 0 Å². The van der Waals surface area contributed by atoms with Crippen LogP contribution in [0.5, 0.6) is 5.75 Å². The third kappa shape index (κ3) is 2.54. The summed E-state index contributed by atoms with van der Waals surface area (Å²) in [5.41, 5.74) is 6.10. The molecule has 0 unspecified atom stereocenters. The molecule has 0 saturated carbocycles. The maximum atomic E-state index is 12.1. The average molecular weight is 242 g/mol. The topological polar surface area (TPSA) is 52.3 Å². The number of carbonyl (C=O) groups excluding carboxylic acids is 1. The van der Waals surface area contributed by atoms with Crippen molar-refractivity contribution in [1.82, 2.24) is 0 Å². The Morgan fingerprint density at radius 1 is 1.44 bits per heavy atom. The van der Waals surface area contributed by atoms with Crippen LogP contribution in [-0.4, -0.2) is 18.4 Å². The molecule has 0 heterocycles. The zero-order valence-electron chi connectivity index (χ0n) is 9.93. The average Bonchev–Trinajstić information content (AvgIpc) is 2.14. The summed E-state index contributed by atoms with van der Waals surface area (Å²) in [6, 6.07) is 3.34. The van der Waals surface area contributed by atoms with Crippen LogP contribution in [-0.2, 0) is 0 Å². The van der Waals surface area contributed by atoms with Gasteiger partial charge in [-0.15, -0.1) is 0 Å². The number of methoxy groups -OCH3 is 1. The lowest BCUT2D eigenvalue weighted by Gasteiger charge is -2.19. The predicted octanol–water partition coefficient (Wildman–Crippen LogP) is 2.58. The van der Waals surface area contributed by atoms with Crippen LogP contribution in [0.2, 0.25) is 5.02 Å². The Morgan fingerprint density at radius 3 is 2.44 bits per heavy atom. The highest BCUT2D eigenvalue weighted by Gasteiger charge is 2.27. The monoisotopic (exact) mass is 241 g/mol. The highest BCUT2D eigenvalue weighted by atomic mass is 35.5. The molecule has 1 rings (SSSR count). The maximum absolute atomic E-state index is 12.1. The number of hydrogen-bond donors (Lipinski definition) is 1. The quantitative estimate of drug-likeness (QED) is 0.828. The van der Waals surface area contributed by atoms with E-state index in [1.807, 2.05) is 6.92 Å². The maximum Gasteiger partial charge on any atom is 0.185 e. The SMILES string of the molecule is COc1c(C)cc(Cl)cc1C(=O)C(C)(C)N. The molecule has 88 valence electrons. The van der Waals surface area contributed by atoms with E-state index in [0.717, 1.165) is 5.56 Å². The number of nitrogens with two attached hydrogens (primary N) is 1. The van der Waals surface area contributed by atoms with Crippen molar-refractivity contribution in [2.45, 2.75) is 26.3 Å². The zero-order valence-corrected chi connectivity index (χ0v) is 10.7. The standard InChI is InChI=1S/C12H16ClNO2/c1-7-5-8(13)6-9(10(7)16-4)11(15)12(2,3)14/h5-6H,14H2,1-4H3. The van der Waals surface area contributed by atoms with Crippen molar-refractivity contribution < 1.29 is 9.53 Å². The van der Waals surface area contributed by atoms with Gasteiger partial charge in [-0.25, -0.2) is 0 Å². The molecule has 1 aromatic rings. The van der Waals surface area contributed by atoms with Crippen molar-refractivity contribution in [2.24, 2.45) is 5.73 Å². The molecule has 4 heteroatoms. The molecule has 0 aliphatic heterocycles. The van der Waals surface area contributed by atoms with E-state index in [2.05, 4.69) is 0 Å². The number of ether oxygens (including phenoxy) is 1. The van der Waals surface area contributed by atoms with Crippen LogP contribution in [0.25, 0.3) is 0 Å². The summed E-state index contributed by atoms with van der Waals surface area (Å²) in [6.07, 6.45) is 0. The molecule has 0 aromatic heterocycles. The number of halogens is 1. The third-order valence-corrected chi connectivity index (χ3v) is 2.49. The summed E-state index contributed by atoms with van der Waals surface area (Å²) in [7, 11) is 1.52. The number of rotatable bonds is 3. The second kappa shape index (κ2) is 4.44. The molecule has 0 aliphatic carbocycles. The number of ketones is 1. The molecule has 0 bridgehead atoms. The zero-order chi connectivity index (χ0) is 12.5. The lowest BCUT2D eigenvalue weighted by Crippen LogP contribution is -2.41. The van der Waals surface area contributed by atoms with Gasteiger partial charge in [0.1, 0.15) is 5.75 Å². The van der Waals surface area contributed by atoms with Gasteiger partial charge in [0, 0.05) is 5.02 Å². The van der Waals surface area contributed by atoms with E-state index in [0.29, 0.717) is 16.3 Å². The third-order valence-electron chi connectivity index (χ3n) is 2.27. The summed E-state index contributed by atoms with van der Waals surface area (Å²) in [6.45, 7) is 5.15. The van der Waals surface area contributed by atoms with Gasteiger partial charge in [0.15, 0.2) is 5.78 Å². The minimum Gasteiger partial charge on any atom is -0.496 e. The highest BCUT2D eigenvalue weighted by Crippen LogP contribution is 2.29. The lowest BCUT2D eigenvalue weighted by atomic mass is 9.92. The Morgan fingerprint density at radius 2 is 2.00 bits per heavy atom. The van der Waals surface area contributed by atoms with E-state index < -0.39 is 5.54 Å². The van der Waals surface area contributed by atoms with Gasteiger partial charge in [-0.05, 0) is 38.5 Å². The van der Waals surface area contributed by atoms with Crippen LogP contribution in [0.4, 0.5) is 0 Å². The summed E-state index contributed by atoms with van der Waals surface area (Å²) >= 11 is 5.92. The van der Waals surface area contributed by atoms with Crippen molar-refractivity contribution in [1.29, 1.82) is 0 Å². The minimum atomic E-state index is -0.940. The van der Waals surface area contributed by atoms with Crippen molar-refractivity contribution in [3.05, 3.63) is 28.3 Å². The van der Waals surface area contributed by atoms with Gasteiger partial charge < -0.3 is 10.5 Å². The molecule has 0 amide bonds. The van der Waals surface area contributed by atoms with Crippen LogP contribution in [0.3, 0.4) is 0 Å². The number of carbonyl (C=O) groups is 1. The summed E-state index contributed by atoms with van der Waals surface area (Å²) in [4.78, 5) is 12.1. The van der Waals surface area contributed by atoms with Gasteiger partial charge in [-0.3, -0.25) is 4.79 Å². The van der Waals surface area contributed by atoms with Crippen LogP contribution in [0, 0.1) is 6.92 Å². The molecule has 0 aliphatic rings. The molecule has 0 radical (unpaired) electrons. The van der Waals surface area contributed by atoms with Crippen molar-refractivity contribution >= 4 is 17.4 Å². The number of benzene rings is 1. The Labute approximate surface area is 101 Å². The molecule has 2 N–H and O–H groups in total. The first-order valence-corrected chi connectivity index (χ1v) is 5.33. The summed E-state index contributed by atoms with van der Waals surface area (Å²) in [5.74, 6) is 0.350. The minimum absolute atomic E-state index is 0.185. The fourth-order valence-corrected chi connectivity index (χ4v) is 1.79. The predicted molar refractivity (Wildman–Crippen MR) is 65.3 cm³/mol. The molecule has 0 spiro atoms. The molecular formula is C12H16ClNO2. The number of aryl methyl sites for hydroxylation is 1. The van der Waals surface area contributed by atoms with E-state index >= 15 is 0 Å². The molecule has 3 nitrogen and oxygen atoms in total. The lowest BCUT2D eigenvalue weighted by molar-refractivity contribution is 0.0910. The molecule has 1 aromatic carbocycles. The molecule has 0 saturated heterocycles. The second-order valence-corrected chi connectivity index (χ2v) is 4.79. The van der Waals surface area contributed by atoms with E-state index in [-0.39, 0.29) is 5.78 Å². The van der Waals surface area contributed by atoms with E-state index in [4.69, 9.17) is 22.1 Å². The summed E-state index contributed by atoms with van der Waals surface area (Å²) in [5, 5.41) is 0.505. The van der Waals surface area contributed by atoms with E-state index in [1.54, 1.807) is 26.0 Å². The first-order chi connectivity index (χ1) is 7.27. The number of hydrogen-bond acceptors (Lipinski definition) is 3. The smallest absolute Gasteiger partial charge is 0.185 e. The molecule has 0 atom stereocenters. The summed E-state index contributed by atoms with van der Waals surface area (Å²) < 4.78 is 5.21. The first kappa shape index (κ1) is 13.0. The van der Waals surface area contributed by atoms with Gasteiger partial charge in [0.05, 0.1) is 18.2 Å². The van der Waals surface area contributed by atoms with Crippen LogP contribution in [0.15, 0.2) is 12.1 Å². The fraction of sp³-hybridized carbons (Fsp3) is 0.417. The second-order valence-electron chi connectivity index (χ2n) is 4.35. The van der Waals surface area contributed by atoms with Gasteiger partial charge in [-0.2, -0.15) is 0 Å². The van der Waals surface area contributed by atoms with Crippen molar-refractivity contribution in [3.63, 3.8) is 0 Å². The first-order valence-electron chi connectivity index (χ1n) is 4.95. The van der Waals surface area contributed by atoms with Crippen molar-refractivity contribution in [2.75, 3.05) is 7.11 Å². The van der Waals surface area contributed by atoms with Crippen LogP contribution in [0.1, 0.15) is 29.8 Å². The number of Topliss-reactive ketones (excluding diaryl/α,β-unsaturated/α-hetero) is 1. The van der Waals surface area contributed by atoms with E-state index in [9.17, 15) is 4.79 Å². The van der Waals surface area contributed by atoms with E-state index in [1.165, 1.54) is 7.11 Å². The normalized spacial score (nSPS) is 11.4. The van der Waals surface area contributed by atoms with Crippen LogP contribution < -0.4 is 10.5 Å². The fourth-order valence-electron chi connectivity index (χ4n) is 1.52. The van der Waals surface area contributed by atoms with Gasteiger partial charge >= 0.3 is 0 Å². The molecular weight excluding hydrogens is 226 g/mol. The molecule has 16 heavy (non-hydrogen) atoms. The van der Waals surface area contributed by atoms with Gasteiger partial charge in [-0.1, -0.05) is 11.6 Å². The van der Waals surface area contributed by atoms with Gasteiger partial charge in [0.2, 0.25) is 0 Å².